The lowest BCUT2D eigenvalue weighted by Crippen LogP contribution is -2.29. The molecule has 1 unspecified atom stereocenters. The second-order valence-electron chi connectivity index (χ2n) is 6.15. The van der Waals surface area contributed by atoms with E-state index in [9.17, 15) is 9.90 Å². The van der Waals surface area contributed by atoms with E-state index in [1.165, 1.54) is 4.88 Å². The fraction of sp³-hybridized carbons (Fsp3) is 0.190. The Balaban J connectivity index is 1.40. The zero-order valence-electron chi connectivity index (χ0n) is 14.6. The highest BCUT2D eigenvalue weighted by molar-refractivity contribution is 7.13. The van der Waals surface area contributed by atoms with Gasteiger partial charge in [0, 0.05) is 11.4 Å². The number of thiophene rings is 1. The zero-order chi connectivity index (χ0) is 18.6. The van der Waals surface area contributed by atoms with E-state index in [1.54, 1.807) is 29.5 Å². The number of fused-ring (bicyclic) bond motifs is 1. The average molecular weight is 381 g/mol. The number of carbonyl (C=O) groups excluding carboxylic acids is 1. The van der Waals surface area contributed by atoms with Gasteiger partial charge in [0.05, 0.1) is 11.7 Å². The molecule has 2 N–H and O–H groups in total. The number of hydrogen-bond donors (Lipinski definition) is 2. The molecule has 2 aromatic carbocycles. The second-order valence-corrected chi connectivity index (χ2v) is 7.10. The van der Waals surface area contributed by atoms with Gasteiger partial charge in [-0.15, -0.1) is 11.3 Å². The number of carbonyl (C=O) groups is 1. The van der Waals surface area contributed by atoms with Crippen molar-refractivity contribution in [2.45, 2.75) is 6.10 Å². The van der Waals surface area contributed by atoms with Gasteiger partial charge in [-0.05, 0) is 34.7 Å². The summed E-state index contributed by atoms with van der Waals surface area (Å²) >= 11 is 1.67. The van der Waals surface area contributed by atoms with Crippen molar-refractivity contribution in [2.75, 3.05) is 19.8 Å². The topological polar surface area (TPSA) is 67.8 Å². The van der Waals surface area contributed by atoms with Crippen molar-refractivity contribution in [1.82, 2.24) is 5.32 Å². The molecule has 4 rings (SSSR count). The third kappa shape index (κ3) is 3.82. The Labute approximate surface area is 161 Å². The Bertz CT molecular complexity index is 922. The van der Waals surface area contributed by atoms with Crippen LogP contribution in [-0.4, -0.2) is 30.8 Å². The van der Waals surface area contributed by atoms with E-state index < -0.39 is 6.10 Å². The molecule has 1 aromatic heterocycles. The number of hydrogen-bond acceptors (Lipinski definition) is 5. The molecule has 1 aliphatic rings. The van der Waals surface area contributed by atoms with E-state index >= 15 is 0 Å². The van der Waals surface area contributed by atoms with Crippen LogP contribution in [0.5, 0.6) is 11.5 Å². The molecule has 1 aliphatic heterocycles. The number of ether oxygens (including phenoxy) is 2. The maximum Gasteiger partial charge on any atom is 0.255 e. The molecular weight excluding hydrogens is 362 g/mol. The highest BCUT2D eigenvalue weighted by Crippen LogP contribution is 2.33. The number of para-hydroxylation sites is 1. The Morgan fingerprint density at radius 1 is 1.07 bits per heavy atom. The van der Waals surface area contributed by atoms with Gasteiger partial charge in [0.1, 0.15) is 13.2 Å². The van der Waals surface area contributed by atoms with E-state index in [-0.39, 0.29) is 12.5 Å². The minimum atomic E-state index is -0.789. The number of nitrogens with one attached hydrogen (secondary N) is 1. The van der Waals surface area contributed by atoms with Crippen LogP contribution in [0.3, 0.4) is 0 Å². The van der Waals surface area contributed by atoms with Crippen LogP contribution < -0.4 is 14.8 Å². The summed E-state index contributed by atoms with van der Waals surface area (Å²) < 4.78 is 11.1. The van der Waals surface area contributed by atoms with E-state index in [0.717, 1.165) is 11.1 Å². The van der Waals surface area contributed by atoms with Crippen LogP contribution in [0.15, 0.2) is 60.0 Å². The van der Waals surface area contributed by atoms with Crippen LogP contribution in [0.2, 0.25) is 0 Å². The van der Waals surface area contributed by atoms with Gasteiger partial charge in [0.15, 0.2) is 11.5 Å². The Morgan fingerprint density at radius 2 is 1.89 bits per heavy atom. The maximum absolute atomic E-state index is 12.5. The SMILES string of the molecule is O=C(NCC(O)c1ccc(-c2cccs2)cc1)c1cccc2c1OCCO2. The van der Waals surface area contributed by atoms with Crippen molar-refractivity contribution in [2.24, 2.45) is 0 Å². The van der Waals surface area contributed by atoms with Gasteiger partial charge in [-0.1, -0.05) is 36.4 Å². The zero-order valence-corrected chi connectivity index (χ0v) is 15.4. The first-order valence-corrected chi connectivity index (χ1v) is 9.59. The summed E-state index contributed by atoms with van der Waals surface area (Å²) in [6.07, 6.45) is -0.789. The first kappa shape index (κ1) is 17.6. The predicted octanol–water partition coefficient (Wildman–Crippen LogP) is 3.65. The summed E-state index contributed by atoms with van der Waals surface area (Å²) in [4.78, 5) is 13.7. The van der Waals surface area contributed by atoms with Crippen LogP contribution in [0.25, 0.3) is 10.4 Å². The number of aliphatic hydroxyl groups excluding tert-OH is 1. The number of amides is 1. The summed E-state index contributed by atoms with van der Waals surface area (Å²) in [6, 6.07) is 17.0. The van der Waals surface area contributed by atoms with Crippen molar-refractivity contribution in [3.8, 4) is 21.9 Å². The highest BCUT2D eigenvalue weighted by Gasteiger charge is 2.21. The van der Waals surface area contributed by atoms with Crippen molar-refractivity contribution < 1.29 is 19.4 Å². The highest BCUT2D eigenvalue weighted by atomic mass is 32.1. The molecule has 0 spiro atoms. The molecule has 6 heteroatoms. The van der Waals surface area contributed by atoms with Gasteiger partial charge >= 0.3 is 0 Å². The minimum Gasteiger partial charge on any atom is -0.486 e. The maximum atomic E-state index is 12.5. The Morgan fingerprint density at radius 3 is 2.67 bits per heavy atom. The van der Waals surface area contributed by atoms with Crippen LogP contribution in [0.4, 0.5) is 0 Å². The molecule has 2 heterocycles. The molecule has 3 aromatic rings. The van der Waals surface area contributed by atoms with Gasteiger partial charge in [-0.3, -0.25) is 4.79 Å². The van der Waals surface area contributed by atoms with Crippen molar-refractivity contribution in [3.05, 3.63) is 71.1 Å². The van der Waals surface area contributed by atoms with E-state index in [4.69, 9.17) is 9.47 Å². The normalized spacial score (nSPS) is 13.8. The lowest BCUT2D eigenvalue weighted by atomic mass is 10.1. The number of rotatable bonds is 5. The van der Waals surface area contributed by atoms with Crippen molar-refractivity contribution in [1.29, 1.82) is 0 Å². The molecule has 5 nitrogen and oxygen atoms in total. The third-order valence-electron chi connectivity index (χ3n) is 4.37. The molecule has 138 valence electrons. The van der Waals surface area contributed by atoms with Crippen molar-refractivity contribution >= 4 is 17.2 Å². The molecule has 0 saturated heterocycles. The fourth-order valence-corrected chi connectivity index (χ4v) is 3.70. The Hall–Kier alpha value is -2.83. The van der Waals surface area contributed by atoms with Gasteiger partial charge in [0.2, 0.25) is 0 Å². The van der Waals surface area contributed by atoms with Gasteiger partial charge < -0.3 is 19.9 Å². The second kappa shape index (κ2) is 7.82. The molecule has 0 fully saturated rings. The van der Waals surface area contributed by atoms with Crippen LogP contribution in [-0.2, 0) is 0 Å². The van der Waals surface area contributed by atoms with Crippen molar-refractivity contribution in [3.63, 3.8) is 0 Å². The first-order chi connectivity index (χ1) is 13.2. The standard InChI is InChI=1S/C21H19NO4S/c23-17(14-6-8-15(9-7-14)19-5-2-12-27-19)13-22-21(24)16-3-1-4-18-20(16)26-11-10-25-18/h1-9,12,17,23H,10-11,13H2,(H,22,24). The lowest BCUT2D eigenvalue weighted by molar-refractivity contribution is 0.0905. The predicted molar refractivity (Wildman–Crippen MR) is 104 cm³/mol. The number of benzene rings is 2. The smallest absolute Gasteiger partial charge is 0.255 e. The van der Waals surface area contributed by atoms with E-state index in [1.807, 2.05) is 35.7 Å². The monoisotopic (exact) mass is 381 g/mol. The van der Waals surface area contributed by atoms with Crippen LogP contribution in [0.1, 0.15) is 22.0 Å². The summed E-state index contributed by atoms with van der Waals surface area (Å²) in [5.41, 5.74) is 2.27. The van der Waals surface area contributed by atoms with E-state index in [2.05, 4.69) is 11.4 Å². The van der Waals surface area contributed by atoms with Crippen LogP contribution in [0, 0.1) is 0 Å². The molecule has 0 radical (unpaired) electrons. The van der Waals surface area contributed by atoms with Gasteiger partial charge in [0.25, 0.3) is 5.91 Å². The minimum absolute atomic E-state index is 0.113. The van der Waals surface area contributed by atoms with Gasteiger partial charge in [-0.25, -0.2) is 0 Å². The summed E-state index contributed by atoms with van der Waals surface area (Å²) in [6.45, 7) is 0.996. The average Bonchev–Trinajstić information content (AvgIpc) is 3.26. The molecule has 0 aliphatic carbocycles. The number of aliphatic hydroxyl groups is 1. The van der Waals surface area contributed by atoms with Crippen LogP contribution >= 0.6 is 11.3 Å². The fourth-order valence-electron chi connectivity index (χ4n) is 2.97. The molecule has 0 bridgehead atoms. The summed E-state index contributed by atoms with van der Waals surface area (Å²) in [7, 11) is 0. The Kier molecular flexibility index (Phi) is 5.09. The largest absolute Gasteiger partial charge is 0.486 e. The molecule has 27 heavy (non-hydrogen) atoms. The quantitative estimate of drug-likeness (QED) is 0.708. The van der Waals surface area contributed by atoms with E-state index in [0.29, 0.717) is 30.3 Å². The molecule has 0 saturated carbocycles. The molecule has 1 amide bonds. The van der Waals surface area contributed by atoms with Gasteiger partial charge in [-0.2, -0.15) is 0 Å². The lowest BCUT2D eigenvalue weighted by Gasteiger charge is -2.21. The third-order valence-corrected chi connectivity index (χ3v) is 5.29. The molecular formula is C21H19NO4S. The molecule has 1 atom stereocenters. The summed E-state index contributed by atoms with van der Waals surface area (Å²) in [5.74, 6) is 0.723. The summed E-state index contributed by atoms with van der Waals surface area (Å²) in [5, 5.41) is 15.2. The first-order valence-electron chi connectivity index (χ1n) is 8.71.